The normalized spacial score (nSPS) is 14.6. The number of pyridine rings is 1. The number of carbonyl (C=O) groups is 2. The molecule has 1 atom stereocenters. The molecule has 0 bridgehead atoms. The summed E-state index contributed by atoms with van der Waals surface area (Å²) >= 11 is 0. The first-order chi connectivity index (χ1) is 17.6. The topological polar surface area (TPSA) is 97.6 Å². The molecular weight excluding hydrogens is 456 g/mol. The second-order valence-corrected chi connectivity index (χ2v) is 8.20. The van der Waals surface area contributed by atoms with Crippen molar-refractivity contribution in [3.05, 3.63) is 108 Å². The van der Waals surface area contributed by atoms with Gasteiger partial charge in [0.1, 0.15) is 24.2 Å². The first-order valence-corrected chi connectivity index (χ1v) is 11.3. The van der Waals surface area contributed by atoms with Gasteiger partial charge in [-0.3, -0.25) is 14.6 Å². The van der Waals surface area contributed by atoms with Crippen LogP contribution in [0.25, 0.3) is 0 Å². The molecule has 0 radical (unpaired) electrons. The maximum Gasteiger partial charge on any atom is 0.307 e. The molecule has 0 unspecified atom stereocenters. The molecule has 2 amide bonds. The maximum absolute atomic E-state index is 13.1. The van der Waals surface area contributed by atoms with E-state index in [1.807, 2.05) is 48.5 Å². The highest BCUT2D eigenvalue weighted by Gasteiger charge is 2.32. The number of hydrogen-bond donors (Lipinski definition) is 1. The third-order valence-electron chi connectivity index (χ3n) is 5.64. The number of rotatable bonds is 4. The van der Waals surface area contributed by atoms with Crippen LogP contribution in [0.15, 0.2) is 83.7 Å². The van der Waals surface area contributed by atoms with Crippen molar-refractivity contribution in [2.45, 2.75) is 12.5 Å². The number of benzene rings is 2. The summed E-state index contributed by atoms with van der Waals surface area (Å²) in [6.07, 6.45) is 5.40. The second kappa shape index (κ2) is 10.2. The number of oxazole rings is 1. The van der Waals surface area contributed by atoms with Gasteiger partial charge in [-0.05, 0) is 35.9 Å². The summed E-state index contributed by atoms with van der Waals surface area (Å²) in [7, 11) is 1.64. The lowest BCUT2D eigenvalue weighted by molar-refractivity contribution is -0.120. The molecule has 8 heteroatoms. The van der Waals surface area contributed by atoms with Crippen molar-refractivity contribution in [3.63, 3.8) is 0 Å². The SMILES string of the molecule is CN1C(=O)[C@@H](NC(=O)c2ncc(Cc3ccccc3)o2)COc2ccc(C#Cc3cccnc3)cc21. The molecule has 0 spiro atoms. The Balaban J connectivity index is 1.28. The number of anilines is 1. The summed E-state index contributed by atoms with van der Waals surface area (Å²) in [5.41, 5.74) is 3.11. The second-order valence-electron chi connectivity index (χ2n) is 8.20. The quantitative estimate of drug-likeness (QED) is 0.453. The van der Waals surface area contributed by atoms with Crippen LogP contribution < -0.4 is 15.0 Å². The van der Waals surface area contributed by atoms with Gasteiger partial charge in [0.05, 0.1) is 11.9 Å². The predicted octanol–water partition coefficient (Wildman–Crippen LogP) is 3.21. The van der Waals surface area contributed by atoms with E-state index >= 15 is 0 Å². The van der Waals surface area contributed by atoms with E-state index in [0.29, 0.717) is 29.2 Å². The number of amides is 2. The standard InChI is InChI=1S/C28H22N4O4/c1-32-24-15-20(9-10-21-8-5-13-29-16-21)11-12-25(24)35-18-23(28(32)34)31-26(33)27-30-17-22(36-27)14-19-6-3-2-4-7-19/h2-8,11-13,15-17,23H,14,18H2,1H3,(H,31,33)/t23-/m0/s1. The molecule has 178 valence electrons. The summed E-state index contributed by atoms with van der Waals surface area (Å²) in [6, 6.07) is 17.9. The smallest absolute Gasteiger partial charge is 0.307 e. The number of nitrogens with one attached hydrogen (secondary N) is 1. The summed E-state index contributed by atoms with van der Waals surface area (Å²) < 4.78 is 11.5. The summed E-state index contributed by atoms with van der Waals surface area (Å²) in [6.45, 7) is -0.0276. The Morgan fingerprint density at radius 1 is 1.08 bits per heavy atom. The van der Waals surface area contributed by atoms with Gasteiger partial charge in [-0.1, -0.05) is 42.2 Å². The zero-order chi connectivity index (χ0) is 24.9. The predicted molar refractivity (Wildman–Crippen MR) is 133 cm³/mol. The molecule has 2 aromatic heterocycles. The first-order valence-electron chi connectivity index (χ1n) is 11.3. The van der Waals surface area contributed by atoms with Crippen LogP contribution in [0, 0.1) is 11.8 Å². The molecule has 2 aromatic carbocycles. The van der Waals surface area contributed by atoms with Crippen molar-refractivity contribution in [2.24, 2.45) is 0 Å². The third-order valence-corrected chi connectivity index (χ3v) is 5.64. The highest BCUT2D eigenvalue weighted by Crippen LogP contribution is 2.31. The Labute approximate surface area is 207 Å². The lowest BCUT2D eigenvalue weighted by atomic mass is 10.1. The van der Waals surface area contributed by atoms with Gasteiger partial charge in [-0.25, -0.2) is 4.98 Å². The largest absolute Gasteiger partial charge is 0.489 e. The number of nitrogens with zero attached hydrogens (tertiary/aromatic N) is 3. The fourth-order valence-electron chi connectivity index (χ4n) is 3.77. The van der Waals surface area contributed by atoms with Crippen molar-refractivity contribution in [3.8, 4) is 17.6 Å². The van der Waals surface area contributed by atoms with Gasteiger partial charge >= 0.3 is 5.91 Å². The maximum atomic E-state index is 13.1. The molecule has 0 fully saturated rings. The van der Waals surface area contributed by atoms with E-state index in [-0.39, 0.29) is 18.4 Å². The van der Waals surface area contributed by atoms with E-state index in [1.165, 1.54) is 11.1 Å². The average Bonchev–Trinajstić information content (AvgIpc) is 3.35. The molecule has 1 aliphatic rings. The van der Waals surface area contributed by atoms with Gasteiger partial charge in [0, 0.05) is 37.0 Å². The Morgan fingerprint density at radius 3 is 2.72 bits per heavy atom. The molecule has 5 rings (SSSR count). The van der Waals surface area contributed by atoms with E-state index in [9.17, 15) is 9.59 Å². The van der Waals surface area contributed by atoms with Crippen molar-refractivity contribution in [1.82, 2.24) is 15.3 Å². The molecule has 0 saturated heterocycles. The monoisotopic (exact) mass is 478 g/mol. The van der Waals surface area contributed by atoms with Gasteiger partial charge in [0.2, 0.25) is 0 Å². The van der Waals surface area contributed by atoms with Crippen LogP contribution in [0.4, 0.5) is 5.69 Å². The Bertz CT molecular complexity index is 1460. The highest BCUT2D eigenvalue weighted by atomic mass is 16.5. The van der Waals surface area contributed by atoms with Gasteiger partial charge in [-0.2, -0.15) is 0 Å². The fourth-order valence-corrected chi connectivity index (χ4v) is 3.77. The van der Waals surface area contributed by atoms with Crippen LogP contribution in [0.2, 0.25) is 0 Å². The molecule has 1 N–H and O–H groups in total. The van der Waals surface area contributed by atoms with Crippen LogP contribution in [0.1, 0.15) is 33.1 Å². The minimum absolute atomic E-state index is 0.0276. The van der Waals surface area contributed by atoms with Gasteiger partial charge < -0.3 is 19.4 Å². The first kappa shape index (κ1) is 22.9. The Hall–Kier alpha value is -4.90. The number of ether oxygens (including phenoxy) is 1. The zero-order valence-electron chi connectivity index (χ0n) is 19.5. The van der Waals surface area contributed by atoms with Gasteiger partial charge in [0.25, 0.3) is 11.8 Å². The van der Waals surface area contributed by atoms with E-state index in [4.69, 9.17) is 9.15 Å². The van der Waals surface area contributed by atoms with Crippen LogP contribution in [0.3, 0.4) is 0 Å². The summed E-state index contributed by atoms with van der Waals surface area (Å²) in [5, 5.41) is 2.68. The molecular formula is C28H22N4O4. The highest BCUT2D eigenvalue weighted by molar-refractivity contribution is 6.02. The van der Waals surface area contributed by atoms with Gasteiger partial charge in [0.15, 0.2) is 0 Å². The molecule has 8 nitrogen and oxygen atoms in total. The number of carbonyl (C=O) groups excluding carboxylic acids is 2. The van der Waals surface area contributed by atoms with Crippen LogP contribution >= 0.6 is 0 Å². The minimum atomic E-state index is -0.913. The number of likely N-dealkylation sites (N-methyl/N-ethyl adjacent to an activating group) is 1. The lowest BCUT2D eigenvalue weighted by Gasteiger charge is -2.20. The third kappa shape index (κ3) is 5.10. The average molecular weight is 479 g/mol. The lowest BCUT2D eigenvalue weighted by Crippen LogP contribution is -2.49. The van der Waals surface area contributed by atoms with Gasteiger partial charge in [-0.15, -0.1) is 0 Å². The number of fused-ring (bicyclic) bond motifs is 1. The van der Waals surface area contributed by atoms with Crippen LogP contribution in [0.5, 0.6) is 5.75 Å². The summed E-state index contributed by atoms with van der Waals surface area (Å²) in [4.78, 5) is 35.5. The van der Waals surface area contributed by atoms with Crippen molar-refractivity contribution in [2.75, 3.05) is 18.6 Å². The molecule has 3 heterocycles. The van der Waals surface area contributed by atoms with Crippen molar-refractivity contribution >= 4 is 17.5 Å². The fraction of sp³-hybridized carbons (Fsp3) is 0.143. The number of hydrogen-bond acceptors (Lipinski definition) is 6. The summed E-state index contributed by atoms with van der Waals surface area (Å²) in [5.74, 6) is 6.19. The molecule has 4 aromatic rings. The zero-order valence-corrected chi connectivity index (χ0v) is 19.5. The Kier molecular flexibility index (Phi) is 6.45. The van der Waals surface area contributed by atoms with E-state index in [1.54, 1.807) is 31.6 Å². The molecule has 0 aliphatic carbocycles. The molecule has 1 aliphatic heterocycles. The van der Waals surface area contributed by atoms with E-state index in [0.717, 1.165) is 11.1 Å². The number of aromatic nitrogens is 2. The van der Waals surface area contributed by atoms with E-state index in [2.05, 4.69) is 27.1 Å². The molecule has 36 heavy (non-hydrogen) atoms. The van der Waals surface area contributed by atoms with Crippen LogP contribution in [-0.4, -0.2) is 41.5 Å². The van der Waals surface area contributed by atoms with Crippen molar-refractivity contribution < 1.29 is 18.7 Å². The van der Waals surface area contributed by atoms with Crippen molar-refractivity contribution in [1.29, 1.82) is 0 Å². The minimum Gasteiger partial charge on any atom is -0.489 e. The Morgan fingerprint density at radius 2 is 1.92 bits per heavy atom. The van der Waals surface area contributed by atoms with Crippen LogP contribution in [-0.2, 0) is 11.2 Å². The molecule has 0 saturated carbocycles. The van der Waals surface area contributed by atoms with E-state index < -0.39 is 11.9 Å².